The van der Waals surface area contributed by atoms with Crippen LogP contribution < -0.4 is 10.5 Å². The van der Waals surface area contributed by atoms with E-state index >= 15 is 0 Å². The van der Waals surface area contributed by atoms with E-state index in [1.807, 2.05) is 0 Å². The van der Waals surface area contributed by atoms with Crippen LogP contribution in [-0.4, -0.2) is 22.6 Å². The molecule has 0 aliphatic rings. The van der Waals surface area contributed by atoms with Gasteiger partial charge in [-0.25, -0.2) is 9.78 Å². The number of fused-ring (bicyclic) bond motifs is 1. The van der Waals surface area contributed by atoms with Gasteiger partial charge in [-0.15, -0.1) is 0 Å². The Balaban J connectivity index is 2.37. The van der Waals surface area contributed by atoms with Crippen molar-refractivity contribution in [1.82, 2.24) is 9.38 Å². The lowest BCUT2D eigenvalue weighted by atomic mass is 10.4. The first-order chi connectivity index (χ1) is 7.20. The molecule has 0 spiro atoms. The zero-order chi connectivity index (χ0) is 10.8. The van der Waals surface area contributed by atoms with Gasteiger partial charge in [0.2, 0.25) is 5.95 Å². The molecular weight excluding hydrogens is 198 g/mol. The van der Waals surface area contributed by atoms with E-state index in [2.05, 4.69) is 9.72 Å². The third kappa shape index (κ3) is 1.69. The summed E-state index contributed by atoms with van der Waals surface area (Å²) in [5, 5.41) is 0. The summed E-state index contributed by atoms with van der Waals surface area (Å²) in [4.78, 5) is 14.7. The number of rotatable bonds is 1. The molecule has 78 valence electrons. The highest BCUT2D eigenvalue weighted by Crippen LogP contribution is 2.16. The largest absolute Gasteiger partial charge is 0.513 e. The van der Waals surface area contributed by atoms with E-state index in [0.29, 0.717) is 11.7 Å². The Morgan fingerprint density at radius 3 is 3.07 bits per heavy atom. The Kier molecular flexibility index (Phi) is 2.17. The van der Waals surface area contributed by atoms with E-state index in [4.69, 9.17) is 10.5 Å². The number of nitrogens with zero attached hydrogens (tertiary/aromatic N) is 2. The number of ether oxygens (including phenoxy) is 2. The van der Waals surface area contributed by atoms with E-state index in [-0.39, 0.29) is 0 Å². The lowest BCUT2D eigenvalue weighted by Gasteiger charge is -2.03. The quantitative estimate of drug-likeness (QED) is 0.707. The molecule has 0 fully saturated rings. The van der Waals surface area contributed by atoms with Crippen LogP contribution in [0.1, 0.15) is 0 Å². The fraction of sp³-hybridized carbons (Fsp3) is 0.111. The van der Waals surface area contributed by atoms with E-state index in [0.717, 1.165) is 5.52 Å². The number of carbonyl (C=O) groups is 1. The second kappa shape index (κ2) is 3.49. The maximum atomic E-state index is 10.8. The van der Waals surface area contributed by atoms with Crippen molar-refractivity contribution in [2.24, 2.45) is 0 Å². The number of nitrogen functional groups attached to an aromatic ring is 1. The number of hydrogen-bond donors (Lipinski definition) is 1. The molecule has 2 aromatic rings. The van der Waals surface area contributed by atoms with Crippen LogP contribution >= 0.6 is 0 Å². The Bertz CT molecular complexity index is 506. The van der Waals surface area contributed by atoms with Crippen molar-refractivity contribution in [1.29, 1.82) is 0 Å². The number of carbonyl (C=O) groups excluding carboxylic acids is 1. The maximum Gasteiger partial charge on any atom is 0.513 e. The maximum absolute atomic E-state index is 10.8. The Morgan fingerprint density at radius 2 is 2.33 bits per heavy atom. The van der Waals surface area contributed by atoms with Crippen LogP contribution in [0.4, 0.5) is 10.7 Å². The molecule has 0 saturated heterocycles. The number of hydrogen-bond acceptors (Lipinski definition) is 5. The number of aromatic nitrogens is 2. The lowest BCUT2D eigenvalue weighted by Crippen LogP contribution is -2.07. The molecule has 6 heteroatoms. The van der Waals surface area contributed by atoms with Crippen LogP contribution in [0, 0.1) is 0 Å². The van der Waals surface area contributed by atoms with Gasteiger partial charge in [0.05, 0.1) is 25.0 Å². The monoisotopic (exact) mass is 207 g/mol. The molecular formula is C9H9N3O3. The van der Waals surface area contributed by atoms with Crippen LogP contribution in [-0.2, 0) is 4.74 Å². The summed E-state index contributed by atoms with van der Waals surface area (Å²) in [6.07, 6.45) is 2.42. The SMILES string of the molecule is COC(=O)Oc1ccc2cnc(N)n2c1. The normalized spacial score (nSPS) is 10.2. The number of imidazole rings is 1. The minimum Gasteiger partial charge on any atom is -0.437 e. The molecule has 0 unspecified atom stereocenters. The molecule has 15 heavy (non-hydrogen) atoms. The number of nitrogens with two attached hydrogens (primary N) is 1. The highest BCUT2D eigenvalue weighted by Gasteiger charge is 2.05. The highest BCUT2D eigenvalue weighted by molar-refractivity contribution is 5.64. The summed E-state index contributed by atoms with van der Waals surface area (Å²) in [7, 11) is 1.24. The van der Waals surface area contributed by atoms with Crippen LogP contribution in [0.5, 0.6) is 5.75 Å². The van der Waals surface area contributed by atoms with E-state index < -0.39 is 6.16 Å². The van der Waals surface area contributed by atoms with Crippen molar-refractivity contribution < 1.29 is 14.3 Å². The summed E-state index contributed by atoms with van der Waals surface area (Å²) in [6.45, 7) is 0. The van der Waals surface area contributed by atoms with Crippen molar-refractivity contribution >= 4 is 17.6 Å². The van der Waals surface area contributed by atoms with Gasteiger partial charge in [0.15, 0.2) is 5.75 Å². The first kappa shape index (κ1) is 9.32. The first-order valence-corrected chi connectivity index (χ1v) is 4.19. The number of methoxy groups -OCH3 is 1. The van der Waals surface area contributed by atoms with Gasteiger partial charge >= 0.3 is 6.16 Å². The second-order valence-corrected chi connectivity index (χ2v) is 2.83. The molecule has 0 aliphatic carbocycles. The van der Waals surface area contributed by atoms with Crippen molar-refractivity contribution in [3.05, 3.63) is 24.5 Å². The third-order valence-corrected chi connectivity index (χ3v) is 1.90. The third-order valence-electron chi connectivity index (χ3n) is 1.90. The molecule has 0 aromatic carbocycles. The average molecular weight is 207 g/mol. The fourth-order valence-corrected chi connectivity index (χ4v) is 1.19. The molecule has 0 atom stereocenters. The summed E-state index contributed by atoms with van der Waals surface area (Å²) in [5.41, 5.74) is 6.41. The molecule has 0 saturated carbocycles. The minimum atomic E-state index is -0.770. The van der Waals surface area contributed by atoms with Gasteiger partial charge in [-0.2, -0.15) is 0 Å². The summed E-state index contributed by atoms with van der Waals surface area (Å²) in [5.74, 6) is 0.680. The van der Waals surface area contributed by atoms with Crippen LogP contribution in [0.25, 0.3) is 5.52 Å². The van der Waals surface area contributed by atoms with Gasteiger partial charge in [0.1, 0.15) is 0 Å². The predicted octanol–water partition coefficient (Wildman–Crippen LogP) is 1.06. The zero-order valence-electron chi connectivity index (χ0n) is 8.01. The van der Waals surface area contributed by atoms with Gasteiger partial charge in [0.25, 0.3) is 0 Å². The minimum absolute atomic E-state index is 0.334. The van der Waals surface area contributed by atoms with Gasteiger partial charge in [-0.1, -0.05) is 0 Å². The molecule has 0 bridgehead atoms. The van der Waals surface area contributed by atoms with Crippen LogP contribution in [0.3, 0.4) is 0 Å². The van der Waals surface area contributed by atoms with Gasteiger partial charge in [-0.05, 0) is 12.1 Å². The molecule has 2 N–H and O–H groups in total. The van der Waals surface area contributed by atoms with Crippen molar-refractivity contribution in [3.63, 3.8) is 0 Å². The van der Waals surface area contributed by atoms with E-state index in [9.17, 15) is 4.79 Å². The molecule has 0 aliphatic heterocycles. The highest BCUT2D eigenvalue weighted by atomic mass is 16.7. The summed E-state index contributed by atoms with van der Waals surface area (Å²) in [6, 6.07) is 3.37. The lowest BCUT2D eigenvalue weighted by molar-refractivity contribution is 0.121. The van der Waals surface area contributed by atoms with Gasteiger partial charge in [-0.3, -0.25) is 4.40 Å². The second-order valence-electron chi connectivity index (χ2n) is 2.83. The smallest absolute Gasteiger partial charge is 0.437 e. The molecule has 2 heterocycles. The average Bonchev–Trinajstić information content (AvgIpc) is 2.60. The molecule has 0 radical (unpaired) electrons. The Morgan fingerprint density at radius 1 is 1.53 bits per heavy atom. The molecule has 2 rings (SSSR count). The van der Waals surface area contributed by atoms with Crippen molar-refractivity contribution in [2.75, 3.05) is 12.8 Å². The van der Waals surface area contributed by atoms with Gasteiger partial charge < -0.3 is 15.2 Å². The fourth-order valence-electron chi connectivity index (χ4n) is 1.19. The summed E-state index contributed by atoms with van der Waals surface area (Å²) >= 11 is 0. The standard InChI is InChI=1S/C9H9N3O3/c1-14-9(13)15-7-3-2-6-4-11-8(10)12(6)5-7/h2-5H,1H3,(H2,10,11). The topological polar surface area (TPSA) is 78.8 Å². The summed E-state index contributed by atoms with van der Waals surface area (Å²) < 4.78 is 10.8. The van der Waals surface area contributed by atoms with Crippen LogP contribution in [0.15, 0.2) is 24.5 Å². The molecule has 6 nitrogen and oxygen atoms in total. The zero-order valence-corrected chi connectivity index (χ0v) is 8.01. The predicted molar refractivity (Wildman–Crippen MR) is 52.6 cm³/mol. The van der Waals surface area contributed by atoms with Crippen molar-refractivity contribution in [3.8, 4) is 5.75 Å². The Labute approximate surface area is 85.2 Å². The van der Waals surface area contributed by atoms with E-state index in [1.54, 1.807) is 28.9 Å². The van der Waals surface area contributed by atoms with Crippen LogP contribution in [0.2, 0.25) is 0 Å². The first-order valence-electron chi connectivity index (χ1n) is 4.19. The molecule has 2 aromatic heterocycles. The number of pyridine rings is 1. The van der Waals surface area contributed by atoms with Crippen molar-refractivity contribution in [2.45, 2.75) is 0 Å². The van der Waals surface area contributed by atoms with E-state index in [1.165, 1.54) is 7.11 Å². The Hall–Kier alpha value is -2.24. The number of anilines is 1. The van der Waals surface area contributed by atoms with Gasteiger partial charge in [0, 0.05) is 0 Å². The molecule has 0 amide bonds.